The van der Waals surface area contributed by atoms with Crippen LogP contribution >= 0.6 is 34.0 Å². The molecule has 0 aliphatic carbocycles. The summed E-state index contributed by atoms with van der Waals surface area (Å²) in [4.78, 5) is 0. The number of hydrogen-bond donors (Lipinski definition) is 0. The SMILES string of the molecule is c1cc2cc3cc4c(cc3cc2s1)sc1ccsc14. The van der Waals surface area contributed by atoms with Crippen molar-refractivity contribution in [2.45, 2.75) is 0 Å². The highest BCUT2D eigenvalue weighted by Crippen LogP contribution is 2.40. The van der Waals surface area contributed by atoms with Crippen molar-refractivity contribution < 1.29 is 0 Å². The van der Waals surface area contributed by atoms with Gasteiger partial charge in [0.2, 0.25) is 0 Å². The summed E-state index contributed by atoms with van der Waals surface area (Å²) < 4.78 is 5.64. The summed E-state index contributed by atoms with van der Waals surface area (Å²) >= 11 is 5.57. The Morgan fingerprint density at radius 1 is 0.632 bits per heavy atom. The van der Waals surface area contributed by atoms with Gasteiger partial charge in [0.25, 0.3) is 0 Å². The predicted octanol–water partition coefficient (Wildman–Crippen LogP) is 6.48. The van der Waals surface area contributed by atoms with Gasteiger partial charge in [-0.15, -0.1) is 34.0 Å². The van der Waals surface area contributed by atoms with Crippen molar-refractivity contribution in [3.8, 4) is 0 Å². The Bertz CT molecular complexity index is 1050. The van der Waals surface area contributed by atoms with Crippen molar-refractivity contribution in [2.75, 3.05) is 0 Å². The molecule has 0 saturated carbocycles. The Hall–Kier alpha value is -1.42. The molecule has 5 aromatic rings. The van der Waals surface area contributed by atoms with Crippen LogP contribution in [0.3, 0.4) is 0 Å². The van der Waals surface area contributed by atoms with Crippen molar-refractivity contribution in [1.29, 1.82) is 0 Å². The van der Waals surface area contributed by atoms with Gasteiger partial charge < -0.3 is 0 Å². The van der Waals surface area contributed by atoms with Crippen LogP contribution in [0.25, 0.3) is 40.3 Å². The molecule has 2 aromatic carbocycles. The molecule has 5 rings (SSSR count). The fourth-order valence-electron chi connectivity index (χ4n) is 2.69. The molecule has 0 aliphatic rings. The highest BCUT2D eigenvalue weighted by Gasteiger charge is 2.08. The maximum atomic E-state index is 2.36. The molecule has 0 amide bonds. The third-order valence-corrected chi connectivity index (χ3v) is 6.68. The zero-order chi connectivity index (χ0) is 12.4. The first-order valence-corrected chi connectivity index (χ1v) is 8.67. The molecular formula is C16H8S3. The lowest BCUT2D eigenvalue weighted by atomic mass is 10.1. The topological polar surface area (TPSA) is 0 Å². The summed E-state index contributed by atoms with van der Waals surface area (Å²) in [5.41, 5.74) is 0. The van der Waals surface area contributed by atoms with Gasteiger partial charge in [0, 0.05) is 19.5 Å². The van der Waals surface area contributed by atoms with Gasteiger partial charge >= 0.3 is 0 Å². The van der Waals surface area contributed by atoms with Crippen LogP contribution in [0.1, 0.15) is 0 Å². The van der Waals surface area contributed by atoms with Gasteiger partial charge in [0.15, 0.2) is 0 Å². The Morgan fingerprint density at radius 2 is 1.47 bits per heavy atom. The molecule has 0 unspecified atom stereocenters. The quantitative estimate of drug-likeness (QED) is 0.306. The van der Waals surface area contributed by atoms with E-state index in [0.29, 0.717) is 0 Å². The fraction of sp³-hybridized carbons (Fsp3) is 0. The van der Waals surface area contributed by atoms with E-state index in [0.717, 1.165) is 0 Å². The zero-order valence-electron chi connectivity index (χ0n) is 9.84. The maximum absolute atomic E-state index is 2.36. The Kier molecular flexibility index (Phi) is 1.95. The predicted molar refractivity (Wildman–Crippen MR) is 90.1 cm³/mol. The van der Waals surface area contributed by atoms with E-state index in [9.17, 15) is 0 Å². The van der Waals surface area contributed by atoms with E-state index in [1.165, 1.54) is 40.3 Å². The second kappa shape index (κ2) is 3.57. The summed E-state index contributed by atoms with van der Waals surface area (Å²) in [6, 6.07) is 13.8. The van der Waals surface area contributed by atoms with Gasteiger partial charge in [-0.05, 0) is 63.3 Å². The van der Waals surface area contributed by atoms with E-state index in [4.69, 9.17) is 0 Å². The molecule has 0 N–H and O–H groups in total. The Balaban J connectivity index is 2.04. The second-order valence-electron chi connectivity index (χ2n) is 4.72. The Morgan fingerprint density at radius 3 is 2.47 bits per heavy atom. The molecule has 0 nitrogen and oxygen atoms in total. The van der Waals surface area contributed by atoms with E-state index in [2.05, 4.69) is 47.2 Å². The van der Waals surface area contributed by atoms with Gasteiger partial charge in [-0.25, -0.2) is 0 Å². The first-order chi connectivity index (χ1) is 9.38. The lowest BCUT2D eigenvalue weighted by molar-refractivity contribution is 1.96. The molecule has 0 atom stereocenters. The van der Waals surface area contributed by atoms with Gasteiger partial charge in [-0.2, -0.15) is 0 Å². The van der Waals surface area contributed by atoms with Crippen molar-refractivity contribution in [1.82, 2.24) is 0 Å². The summed E-state index contributed by atoms with van der Waals surface area (Å²) in [5.74, 6) is 0. The molecule has 0 fully saturated rings. The van der Waals surface area contributed by atoms with Crippen LogP contribution in [0.2, 0.25) is 0 Å². The number of hydrogen-bond acceptors (Lipinski definition) is 3. The smallest absolute Gasteiger partial charge is 0.0529 e. The minimum absolute atomic E-state index is 1.35. The lowest BCUT2D eigenvalue weighted by Crippen LogP contribution is -1.72. The van der Waals surface area contributed by atoms with Crippen LogP contribution in [-0.4, -0.2) is 0 Å². The molecule has 0 radical (unpaired) electrons. The van der Waals surface area contributed by atoms with Gasteiger partial charge in [-0.1, -0.05) is 0 Å². The normalized spacial score (nSPS) is 12.2. The van der Waals surface area contributed by atoms with E-state index in [1.807, 2.05) is 34.0 Å². The number of rotatable bonds is 0. The van der Waals surface area contributed by atoms with Crippen LogP contribution in [0.4, 0.5) is 0 Å². The lowest BCUT2D eigenvalue weighted by Gasteiger charge is -1.99. The van der Waals surface area contributed by atoms with Crippen LogP contribution < -0.4 is 0 Å². The van der Waals surface area contributed by atoms with E-state index in [1.54, 1.807) is 0 Å². The molecule has 3 heterocycles. The minimum atomic E-state index is 1.35. The van der Waals surface area contributed by atoms with Crippen molar-refractivity contribution in [3.05, 3.63) is 47.2 Å². The summed E-state index contributed by atoms with van der Waals surface area (Å²) in [7, 11) is 0. The van der Waals surface area contributed by atoms with E-state index in [-0.39, 0.29) is 0 Å². The van der Waals surface area contributed by atoms with Crippen molar-refractivity contribution in [3.63, 3.8) is 0 Å². The van der Waals surface area contributed by atoms with E-state index < -0.39 is 0 Å². The molecule has 0 aliphatic heterocycles. The van der Waals surface area contributed by atoms with Crippen molar-refractivity contribution >= 4 is 74.4 Å². The molecule has 90 valence electrons. The molecule has 19 heavy (non-hydrogen) atoms. The highest BCUT2D eigenvalue weighted by molar-refractivity contribution is 7.32. The first kappa shape index (κ1) is 10.4. The highest BCUT2D eigenvalue weighted by atomic mass is 32.1. The molecular weight excluding hydrogens is 288 g/mol. The maximum Gasteiger partial charge on any atom is 0.0529 e. The average molecular weight is 296 g/mol. The molecule has 3 aromatic heterocycles. The van der Waals surface area contributed by atoms with Gasteiger partial charge in [0.1, 0.15) is 0 Å². The van der Waals surface area contributed by atoms with Gasteiger partial charge in [0.05, 0.1) is 4.70 Å². The second-order valence-corrected chi connectivity index (χ2v) is 7.67. The number of fused-ring (bicyclic) bond motifs is 5. The zero-order valence-corrected chi connectivity index (χ0v) is 12.3. The third kappa shape index (κ3) is 1.38. The standard InChI is InChI=1S/C16H8S3/c1-3-17-14-7-11-8-15-12(6-10(11)5-9(1)14)16-13(19-15)2-4-18-16/h1-8H. The molecule has 0 saturated heterocycles. The van der Waals surface area contributed by atoms with Crippen LogP contribution in [-0.2, 0) is 0 Å². The average Bonchev–Trinajstić information content (AvgIpc) is 3.08. The minimum Gasteiger partial charge on any atom is -0.144 e. The Labute approximate surface area is 121 Å². The van der Waals surface area contributed by atoms with Crippen LogP contribution in [0.15, 0.2) is 47.2 Å². The van der Waals surface area contributed by atoms with Crippen molar-refractivity contribution in [2.24, 2.45) is 0 Å². The number of thiophene rings is 3. The first-order valence-electron chi connectivity index (χ1n) is 6.09. The summed E-state index contributed by atoms with van der Waals surface area (Å²) in [6.07, 6.45) is 0. The summed E-state index contributed by atoms with van der Waals surface area (Å²) in [5, 5.41) is 9.84. The third-order valence-electron chi connectivity index (χ3n) is 3.60. The fourth-order valence-corrected chi connectivity index (χ4v) is 5.79. The van der Waals surface area contributed by atoms with E-state index >= 15 is 0 Å². The number of benzene rings is 2. The van der Waals surface area contributed by atoms with Gasteiger partial charge in [-0.3, -0.25) is 0 Å². The molecule has 0 spiro atoms. The molecule has 0 bridgehead atoms. The molecule has 3 heteroatoms. The largest absolute Gasteiger partial charge is 0.144 e. The van der Waals surface area contributed by atoms with Crippen LogP contribution in [0.5, 0.6) is 0 Å². The van der Waals surface area contributed by atoms with Crippen LogP contribution in [0, 0.1) is 0 Å². The summed E-state index contributed by atoms with van der Waals surface area (Å²) in [6.45, 7) is 0. The monoisotopic (exact) mass is 296 g/mol.